The lowest BCUT2D eigenvalue weighted by molar-refractivity contribution is -0.134. The largest absolute Gasteiger partial charge is 0.375 e. The summed E-state index contributed by atoms with van der Waals surface area (Å²) in [5, 5.41) is 3.25. The molecule has 1 aromatic rings. The molecule has 2 rings (SSSR count). The number of carbonyl (C=O) groups is 1. The molecule has 0 spiro atoms. The molecule has 1 fully saturated rings. The van der Waals surface area contributed by atoms with E-state index in [2.05, 4.69) is 23.5 Å². The van der Waals surface area contributed by atoms with E-state index in [-0.39, 0.29) is 12.0 Å². The molecule has 4 nitrogen and oxygen atoms in total. The van der Waals surface area contributed by atoms with E-state index >= 15 is 0 Å². The first-order chi connectivity index (χ1) is 10.3. The Morgan fingerprint density at radius 1 is 1.43 bits per heavy atom. The van der Waals surface area contributed by atoms with Crippen molar-refractivity contribution >= 4 is 12.0 Å². The van der Waals surface area contributed by atoms with E-state index in [0.717, 1.165) is 25.2 Å². The number of carbonyl (C=O) groups excluding carboxylic acids is 1. The number of nitrogens with one attached hydrogen (secondary N) is 1. The highest BCUT2D eigenvalue weighted by Gasteiger charge is 2.20. The maximum atomic E-state index is 12.3. The van der Waals surface area contributed by atoms with Gasteiger partial charge in [-0.3, -0.25) is 4.79 Å². The van der Waals surface area contributed by atoms with Crippen LogP contribution >= 0.6 is 0 Å². The van der Waals surface area contributed by atoms with Gasteiger partial charge in [-0.2, -0.15) is 0 Å². The molecule has 0 aliphatic carbocycles. The number of hydrogen-bond donors (Lipinski definition) is 1. The van der Waals surface area contributed by atoms with Gasteiger partial charge in [-0.05, 0) is 12.5 Å². The molecule has 1 heterocycles. The van der Waals surface area contributed by atoms with Crippen LogP contribution in [0, 0.1) is 0 Å². The highest BCUT2D eigenvalue weighted by molar-refractivity contribution is 5.77. The van der Waals surface area contributed by atoms with Crippen LogP contribution in [-0.4, -0.2) is 49.7 Å². The number of benzene rings is 1. The van der Waals surface area contributed by atoms with Gasteiger partial charge in [0.15, 0.2) is 0 Å². The Bertz CT molecular complexity index is 453. The summed E-state index contributed by atoms with van der Waals surface area (Å²) in [4.78, 5) is 14.1. The summed E-state index contributed by atoms with van der Waals surface area (Å²) in [5.74, 6) is 0.156. The summed E-state index contributed by atoms with van der Waals surface area (Å²) in [6.45, 7) is 5.71. The molecular weight excluding hydrogens is 264 g/mol. The van der Waals surface area contributed by atoms with Gasteiger partial charge in [-0.25, -0.2) is 0 Å². The second kappa shape index (κ2) is 8.60. The Balaban J connectivity index is 1.81. The van der Waals surface area contributed by atoms with Gasteiger partial charge in [-0.15, -0.1) is 0 Å². The monoisotopic (exact) mass is 288 g/mol. The number of rotatable bonds is 6. The molecule has 4 heteroatoms. The quantitative estimate of drug-likeness (QED) is 0.869. The van der Waals surface area contributed by atoms with Crippen molar-refractivity contribution < 1.29 is 9.53 Å². The van der Waals surface area contributed by atoms with Crippen molar-refractivity contribution in [2.45, 2.75) is 19.4 Å². The maximum absolute atomic E-state index is 12.3. The van der Waals surface area contributed by atoms with Crippen molar-refractivity contribution in [3.63, 3.8) is 0 Å². The molecule has 0 radical (unpaired) electrons. The van der Waals surface area contributed by atoms with Crippen LogP contribution in [0.2, 0.25) is 0 Å². The first-order valence-electron chi connectivity index (χ1n) is 7.61. The lowest BCUT2D eigenvalue weighted by Crippen LogP contribution is -2.42. The fourth-order valence-corrected chi connectivity index (χ4v) is 2.36. The molecule has 1 aliphatic heterocycles. The fraction of sp³-hybridized carbons (Fsp3) is 0.471. The molecule has 1 N–H and O–H groups in total. The Labute approximate surface area is 126 Å². The summed E-state index contributed by atoms with van der Waals surface area (Å²) < 4.78 is 5.59. The van der Waals surface area contributed by atoms with E-state index < -0.39 is 0 Å². The summed E-state index contributed by atoms with van der Waals surface area (Å²) >= 11 is 0. The molecule has 0 saturated carbocycles. The minimum Gasteiger partial charge on any atom is -0.375 e. The predicted octanol–water partition coefficient (Wildman–Crippen LogP) is 1.93. The van der Waals surface area contributed by atoms with Crippen LogP contribution in [0.1, 0.15) is 18.9 Å². The van der Waals surface area contributed by atoms with Crippen molar-refractivity contribution in [2.75, 3.05) is 32.8 Å². The lowest BCUT2D eigenvalue weighted by Gasteiger charge is -2.26. The third kappa shape index (κ3) is 5.33. The Morgan fingerprint density at radius 3 is 2.90 bits per heavy atom. The van der Waals surface area contributed by atoms with Crippen LogP contribution in [0.4, 0.5) is 0 Å². The Kier molecular flexibility index (Phi) is 6.44. The standard InChI is InChI=1S/C17H24N2O2/c1-2-19(11-6-9-15-7-4-3-5-8-15)17(20)13-16-14-18-10-12-21-16/h3-9,16,18H,2,10-14H2,1H3. The zero-order chi connectivity index (χ0) is 14.9. The topological polar surface area (TPSA) is 41.6 Å². The smallest absolute Gasteiger partial charge is 0.225 e. The number of nitrogens with zero attached hydrogens (tertiary/aromatic N) is 1. The Morgan fingerprint density at radius 2 is 2.24 bits per heavy atom. The highest BCUT2D eigenvalue weighted by atomic mass is 16.5. The lowest BCUT2D eigenvalue weighted by atomic mass is 10.2. The molecule has 1 aliphatic rings. The molecular formula is C17H24N2O2. The SMILES string of the molecule is CCN(CC=Cc1ccccc1)C(=O)CC1CNCCO1. The summed E-state index contributed by atoms with van der Waals surface area (Å²) in [6, 6.07) is 10.1. The zero-order valence-corrected chi connectivity index (χ0v) is 12.6. The van der Waals surface area contributed by atoms with Crippen LogP contribution < -0.4 is 5.32 Å². The minimum atomic E-state index is 0.0124. The molecule has 114 valence electrons. The van der Waals surface area contributed by atoms with Crippen molar-refractivity contribution in [1.29, 1.82) is 0 Å². The minimum absolute atomic E-state index is 0.0124. The Hall–Kier alpha value is -1.65. The molecule has 1 amide bonds. The van der Waals surface area contributed by atoms with Gasteiger partial charge in [-0.1, -0.05) is 42.5 Å². The van der Waals surface area contributed by atoms with Crippen molar-refractivity contribution in [3.8, 4) is 0 Å². The van der Waals surface area contributed by atoms with E-state index in [1.54, 1.807) is 0 Å². The normalized spacial score (nSPS) is 18.8. The number of ether oxygens (including phenoxy) is 1. The van der Waals surface area contributed by atoms with Crippen LogP contribution in [0.5, 0.6) is 0 Å². The fourth-order valence-electron chi connectivity index (χ4n) is 2.36. The summed E-state index contributed by atoms with van der Waals surface area (Å²) in [6.07, 6.45) is 4.56. The van der Waals surface area contributed by atoms with Gasteiger partial charge < -0.3 is 15.0 Å². The highest BCUT2D eigenvalue weighted by Crippen LogP contribution is 2.06. The van der Waals surface area contributed by atoms with E-state index in [9.17, 15) is 4.79 Å². The molecule has 1 aromatic carbocycles. The summed E-state index contributed by atoms with van der Waals surface area (Å²) in [5.41, 5.74) is 1.15. The average Bonchev–Trinajstić information content (AvgIpc) is 2.53. The third-order valence-corrected chi connectivity index (χ3v) is 3.58. The first-order valence-corrected chi connectivity index (χ1v) is 7.61. The molecule has 1 atom stereocenters. The van der Waals surface area contributed by atoms with Crippen LogP contribution in [0.25, 0.3) is 6.08 Å². The first kappa shape index (κ1) is 15.7. The predicted molar refractivity (Wildman–Crippen MR) is 85.0 cm³/mol. The van der Waals surface area contributed by atoms with Gasteiger partial charge in [0.1, 0.15) is 0 Å². The summed E-state index contributed by atoms with van der Waals surface area (Å²) in [7, 11) is 0. The second-order valence-electron chi connectivity index (χ2n) is 5.15. The van der Waals surface area contributed by atoms with Gasteiger partial charge in [0, 0.05) is 26.2 Å². The molecule has 0 bridgehead atoms. The molecule has 1 unspecified atom stereocenters. The van der Waals surface area contributed by atoms with E-state index in [0.29, 0.717) is 19.6 Å². The maximum Gasteiger partial charge on any atom is 0.225 e. The molecule has 0 aromatic heterocycles. The van der Waals surface area contributed by atoms with Crippen LogP contribution in [-0.2, 0) is 9.53 Å². The third-order valence-electron chi connectivity index (χ3n) is 3.58. The zero-order valence-electron chi connectivity index (χ0n) is 12.6. The van der Waals surface area contributed by atoms with E-state index in [1.165, 1.54) is 0 Å². The van der Waals surface area contributed by atoms with Crippen molar-refractivity contribution in [2.24, 2.45) is 0 Å². The van der Waals surface area contributed by atoms with Gasteiger partial charge in [0.05, 0.1) is 19.1 Å². The van der Waals surface area contributed by atoms with E-state index in [4.69, 9.17) is 4.74 Å². The number of morpholine rings is 1. The van der Waals surface area contributed by atoms with Crippen molar-refractivity contribution in [3.05, 3.63) is 42.0 Å². The molecule has 1 saturated heterocycles. The average molecular weight is 288 g/mol. The molecule has 21 heavy (non-hydrogen) atoms. The van der Waals surface area contributed by atoms with E-state index in [1.807, 2.05) is 36.1 Å². The van der Waals surface area contributed by atoms with Crippen LogP contribution in [0.3, 0.4) is 0 Å². The van der Waals surface area contributed by atoms with Crippen molar-refractivity contribution in [1.82, 2.24) is 10.2 Å². The number of amides is 1. The van der Waals surface area contributed by atoms with Gasteiger partial charge >= 0.3 is 0 Å². The number of likely N-dealkylation sites (N-methyl/N-ethyl adjacent to an activating group) is 1. The van der Waals surface area contributed by atoms with Crippen LogP contribution in [0.15, 0.2) is 36.4 Å². The number of hydrogen-bond acceptors (Lipinski definition) is 3. The second-order valence-corrected chi connectivity index (χ2v) is 5.15. The van der Waals surface area contributed by atoms with Gasteiger partial charge in [0.25, 0.3) is 0 Å². The van der Waals surface area contributed by atoms with Gasteiger partial charge in [0.2, 0.25) is 5.91 Å².